The van der Waals surface area contributed by atoms with Gasteiger partial charge >= 0.3 is 12.3 Å². The molecule has 1 aliphatic carbocycles. The van der Waals surface area contributed by atoms with Crippen LogP contribution in [0.2, 0.25) is 0 Å². The van der Waals surface area contributed by atoms with Gasteiger partial charge in [0.1, 0.15) is 5.60 Å². The highest BCUT2D eigenvalue weighted by molar-refractivity contribution is 5.67. The minimum atomic E-state index is -4.15. The molecule has 0 aromatic rings. The average Bonchev–Trinajstić information content (AvgIpc) is 1.94. The van der Waals surface area contributed by atoms with Crippen molar-refractivity contribution in [2.75, 3.05) is 6.54 Å². The van der Waals surface area contributed by atoms with E-state index in [-0.39, 0.29) is 13.0 Å². The van der Waals surface area contributed by atoms with Crippen LogP contribution >= 0.6 is 0 Å². The molecule has 0 aliphatic heterocycles. The Kier molecular flexibility index (Phi) is 3.94. The molecular weight excluding hydrogens is 235 g/mol. The molecular formula is C11H18F3NO2. The van der Waals surface area contributed by atoms with Crippen LogP contribution in [0.3, 0.4) is 0 Å². The number of amides is 1. The Morgan fingerprint density at radius 1 is 1.29 bits per heavy atom. The first-order valence-corrected chi connectivity index (χ1v) is 5.63. The van der Waals surface area contributed by atoms with Crippen LogP contribution < -0.4 is 5.32 Å². The number of nitrogens with one attached hydrogen (secondary N) is 1. The van der Waals surface area contributed by atoms with Crippen molar-refractivity contribution in [3.05, 3.63) is 0 Å². The Balaban J connectivity index is 2.30. The fourth-order valence-electron chi connectivity index (χ4n) is 1.77. The van der Waals surface area contributed by atoms with E-state index in [1.165, 1.54) is 0 Å². The van der Waals surface area contributed by atoms with Crippen LogP contribution in [0.25, 0.3) is 0 Å². The summed E-state index contributed by atoms with van der Waals surface area (Å²) in [7, 11) is 0. The third-order valence-corrected chi connectivity index (χ3v) is 2.75. The summed E-state index contributed by atoms with van der Waals surface area (Å²) < 4.78 is 42.2. The lowest BCUT2D eigenvalue weighted by atomic mass is 9.73. The number of hydrogen-bond donors (Lipinski definition) is 1. The maximum Gasteiger partial charge on any atom is 0.407 e. The first-order valence-electron chi connectivity index (χ1n) is 5.63. The van der Waals surface area contributed by atoms with Crippen molar-refractivity contribution < 1.29 is 22.7 Å². The van der Waals surface area contributed by atoms with Gasteiger partial charge in [-0.15, -0.1) is 0 Å². The molecule has 1 fully saturated rings. The van der Waals surface area contributed by atoms with Gasteiger partial charge in [0.25, 0.3) is 0 Å². The summed E-state index contributed by atoms with van der Waals surface area (Å²) in [5.74, 6) is -1.79. The lowest BCUT2D eigenvalue weighted by Crippen LogP contribution is -2.45. The van der Waals surface area contributed by atoms with E-state index >= 15 is 0 Å². The van der Waals surface area contributed by atoms with Gasteiger partial charge in [-0.25, -0.2) is 4.79 Å². The molecule has 1 rings (SSSR count). The van der Waals surface area contributed by atoms with Gasteiger partial charge in [-0.1, -0.05) is 0 Å². The fourth-order valence-corrected chi connectivity index (χ4v) is 1.77. The molecule has 3 nitrogen and oxygen atoms in total. The molecule has 1 aliphatic rings. The summed E-state index contributed by atoms with van der Waals surface area (Å²) in [6, 6.07) is 0. The summed E-state index contributed by atoms with van der Waals surface area (Å²) in [6.45, 7) is 5.14. The number of ether oxygens (including phenoxy) is 1. The third-order valence-electron chi connectivity index (χ3n) is 2.75. The lowest BCUT2D eigenvalue weighted by Gasteiger charge is -2.37. The molecule has 0 unspecified atom stereocenters. The van der Waals surface area contributed by atoms with Crippen molar-refractivity contribution in [1.82, 2.24) is 5.32 Å². The Labute approximate surface area is 98.7 Å². The molecule has 1 saturated carbocycles. The van der Waals surface area contributed by atoms with E-state index in [2.05, 4.69) is 5.32 Å². The van der Waals surface area contributed by atoms with Gasteiger partial charge in [0.15, 0.2) is 0 Å². The number of carbonyl (C=O) groups excluding carboxylic acids is 1. The maximum atomic E-state index is 12.4. The van der Waals surface area contributed by atoms with Crippen LogP contribution in [0.1, 0.15) is 33.6 Å². The number of carbonyl (C=O) groups is 1. The largest absolute Gasteiger partial charge is 0.444 e. The molecule has 1 N–H and O–H groups in total. The van der Waals surface area contributed by atoms with E-state index in [0.717, 1.165) is 0 Å². The highest BCUT2D eigenvalue weighted by atomic mass is 19.4. The summed E-state index contributed by atoms with van der Waals surface area (Å²) >= 11 is 0. The second kappa shape index (κ2) is 4.74. The Hall–Kier alpha value is -0.940. The van der Waals surface area contributed by atoms with E-state index in [4.69, 9.17) is 4.74 Å². The topological polar surface area (TPSA) is 38.3 Å². The van der Waals surface area contributed by atoms with Crippen LogP contribution in [-0.4, -0.2) is 24.4 Å². The normalized spacial score (nSPS) is 25.1. The predicted octanol–water partition coefficient (Wildman–Crippen LogP) is 3.10. The van der Waals surface area contributed by atoms with Crippen LogP contribution in [0.4, 0.5) is 18.0 Å². The number of alkyl halides is 3. The molecule has 0 heterocycles. The molecule has 0 saturated heterocycles. The summed E-state index contributed by atoms with van der Waals surface area (Å²) in [6.07, 6.45) is -4.16. The summed E-state index contributed by atoms with van der Waals surface area (Å²) in [4.78, 5) is 11.2. The quantitative estimate of drug-likeness (QED) is 0.821. The first kappa shape index (κ1) is 14.1. The molecule has 0 aromatic carbocycles. The zero-order chi connectivity index (χ0) is 13.3. The number of rotatable bonds is 2. The number of alkyl carbamates (subject to hydrolysis) is 1. The van der Waals surface area contributed by atoms with Crippen LogP contribution in [0.5, 0.6) is 0 Å². The van der Waals surface area contributed by atoms with Crippen LogP contribution in [-0.2, 0) is 4.74 Å². The van der Waals surface area contributed by atoms with E-state index in [1.807, 2.05) is 0 Å². The van der Waals surface area contributed by atoms with E-state index in [1.54, 1.807) is 20.8 Å². The van der Waals surface area contributed by atoms with Gasteiger partial charge in [0.2, 0.25) is 0 Å². The molecule has 0 bridgehead atoms. The Morgan fingerprint density at radius 2 is 1.88 bits per heavy atom. The maximum absolute atomic E-state index is 12.4. The molecule has 0 aromatic heterocycles. The van der Waals surface area contributed by atoms with Crippen molar-refractivity contribution >= 4 is 6.09 Å². The summed E-state index contributed by atoms with van der Waals surface area (Å²) in [5, 5.41) is 2.38. The highest BCUT2D eigenvalue weighted by Crippen LogP contribution is 2.45. The molecule has 0 spiro atoms. The van der Waals surface area contributed by atoms with Crippen molar-refractivity contribution in [3.8, 4) is 0 Å². The van der Waals surface area contributed by atoms with E-state index in [9.17, 15) is 18.0 Å². The van der Waals surface area contributed by atoms with Gasteiger partial charge in [-0.2, -0.15) is 13.2 Å². The molecule has 17 heavy (non-hydrogen) atoms. The molecule has 0 radical (unpaired) electrons. The minimum Gasteiger partial charge on any atom is -0.444 e. The zero-order valence-electron chi connectivity index (χ0n) is 10.2. The molecule has 2 atom stereocenters. The van der Waals surface area contributed by atoms with Gasteiger partial charge in [0.05, 0.1) is 5.92 Å². The van der Waals surface area contributed by atoms with Crippen molar-refractivity contribution in [3.63, 3.8) is 0 Å². The van der Waals surface area contributed by atoms with Crippen molar-refractivity contribution in [1.29, 1.82) is 0 Å². The SMILES string of the molecule is CC(C)(C)OC(=O)NC[C@@H]1CC[C@H]1C(F)(F)F. The smallest absolute Gasteiger partial charge is 0.407 e. The minimum absolute atomic E-state index is 0.0269. The molecule has 100 valence electrons. The van der Waals surface area contributed by atoms with Gasteiger partial charge in [-0.3, -0.25) is 0 Å². The second-order valence-electron chi connectivity index (χ2n) is 5.37. The monoisotopic (exact) mass is 253 g/mol. The second-order valence-corrected chi connectivity index (χ2v) is 5.37. The Morgan fingerprint density at radius 3 is 2.24 bits per heavy atom. The highest BCUT2D eigenvalue weighted by Gasteiger charge is 2.49. The van der Waals surface area contributed by atoms with E-state index < -0.39 is 29.7 Å². The van der Waals surface area contributed by atoms with Crippen molar-refractivity contribution in [2.45, 2.75) is 45.4 Å². The average molecular weight is 253 g/mol. The van der Waals surface area contributed by atoms with E-state index in [0.29, 0.717) is 6.42 Å². The van der Waals surface area contributed by atoms with Crippen molar-refractivity contribution in [2.24, 2.45) is 11.8 Å². The summed E-state index contributed by atoms with van der Waals surface area (Å²) in [5.41, 5.74) is -0.632. The number of halogens is 3. The Bertz CT molecular complexity index is 283. The zero-order valence-corrected chi connectivity index (χ0v) is 10.2. The molecule has 1 amide bonds. The number of hydrogen-bond acceptors (Lipinski definition) is 2. The van der Waals surface area contributed by atoms with Gasteiger partial charge < -0.3 is 10.1 Å². The third kappa shape index (κ3) is 4.44. The fraction of sp³-hybridized carbons (Fsp3) is 0.909. The lowest BCUT2D eigenvalue weighted by molar-refractivity contribution is -0.212. The predicted molar refractivity (Wildman–Crippen MR) is 56.5 cm³/mol. The van der Waals surface area contributed by atoms with Crippen LogP contribution in [0, 0.1) is 11.8 Å². The standard InChI is InChI=1S/C11H18F3NO2/c1-10(2,3)17-9(16)15-6-7-4-5-8(7)11(12,13)14/h7-8H,4-6H2,1-3H3,(H,15,16)/t7-,8+/m0/s1. The van der Waals surface area contributed by atoms with Crippen LogP contribution in [0.15, 0.2) is 0 Å². The first-order chi connectivity index (χ1) is 7.59. The van der Waals surface area contributed by atoms with Gasteiger partial charge in [-0.05, 0) is 39.5 Å². The molecule has 6 heteroatoms. The van der Waals surface area contributed by atoms with Gasteiger partial charge in [0, 0.05) is 6.54 Å².